The van der Waals surface area contributed by atoms with Crippen LogP contribution in [0, 0.1) is 5.82 Å². The van der Waals surface area contributed by atoms with Gasteiger partial charge in [-0.2, -0.15) is 0 Å². The number of aliphatic hydroxyl groups is 1. The molecule has 1 atom stereocenters. The smallest absolute Gasteiger partial charge is 0.410 e. The summed E-state index contributed by atoms with van der Waals surface area (Å²) in [5, 5.41) is 18.8. The number of nitrogens with zero attached hydrogens (tertiary/aromatic N) is 2. The van der Waals surface area contributed by atoms with Crippen molar-refractivity contribution in [2.24, 2.45) is 0 Å². The van der Waals surface area contributed by atoms with Crippen molar-refractivity contribution < 1.29 is 28.6 Å². The van der Waals surface area contributed by atoms with Gasteiger partial charge in [0.25, 0.3) is 0 Å². The third-order valence-electron chi connectivity index (χ3n) is 8.23. The number of benzene rings is 3. The number of aliphatic hydroxyl groups excluding tert-OH is 1. The average Bonchev–Trinajstić information content (AvgIpc) is 3.51. The van der Waals surface area contributed by atoms with Gasteiger partial charge in [-0.1, -0.05) is 59.6 Å². The van der Waals surface area contributed by atoms with Crippen molar-refractivity contribution in [1.29, 1.82) is 0 Å². The van der Waals surface area contributed by atoms with Crippen molar-refractivity contribution in [2.75, 3.05) is 32.1 Å². The molecular weight excluding hydrogens is 696 g/mol. The zero-order chi connectivity index (χ0) is 36.7. The van der Waals surface area contributed by atoms with E-state index in [4.69, 9.17) is 37.8 Å². The van der Waals surface area contributed by atoms with Crippen LogP contribution in [-0.2, 0) is 22.6 Å². The van der Waals surface area contributed by atoms with Gasteiger partial charge >= 0.3 is 6.09 Å². The minimum Gasteiger partial charge on any atom is -0.496 e. The van der Waals surface area contributed by atoms with Gasteiger partial charge in [0.1, 0.15) is 11.4 Å². The number of rotatable bonds is 13. The van der Waals surface area contributed by atoms with E-state index < -0.39 is 17.5 Å². The first-order valence-electron chi connectivity index (χ1n) is 16.6. The Balaban J connectivity index is 1.41. The van der Waals surface area contributed by atoms with Gasteiger partial charge in [-0.15, -0.1) is 0 Å². The van der Waals surface area contributed by atoms with Gasteiger partial charge in [0.2, 0.25) is 5.91 Å². The lowest BCUT2D eigenvalue weighted by molar-refractivity contribution is -0.119. The highest BCUT2D eigenvalue weighted by Gasteiger charge is 2.29. The molecule has 270 valence electrons. The first-order chi connectivity index (χ1) is 24.4. The summed E-state index contributed by atoms with van der Waals surface area (Å²) in [6.45, 7) is 6.46. The fourth-order valence-corrected chi connectivity index (χ4v) is 6.39. The predicted molar refractivity (Wildman–Crippen MR) is 198 cm³/mol. The molecule has 1 aliphatic heterocycles. The molecule has 13 heteroatoms. The van der Waals surface area contributed by atoms with Gasteiger partial charge in [-0.3, -0.25) is 9.78 Å². The maximum atomic E-state index is 15.3. The predicted octanol–water partition coefficient (Wildman–Crippen LogP) is 7.71. The van der Waals surface area contributed by atoms with E-state index in [2.05, 4.69) is 20.9 Å². The molecule has 1 saturated heterocycles. The van der Waals surface area contributed by atoms with Crippen LogP contribution in [-0.4, -0.2) is 65.4 Å². The molecule has 4 N–H and O–H groups in total. The first-order valence-corrected chi connectivity index (χ1v) is 17.4. The maximum Gasteiger partial charge on any atom is 0.410 e. The van der Waals surface area contributed by atoms with Crippen molar-refractivity contribution in [1.82, 2.24) is 20.5 Å². The maximum absolute atomic E-state index is 15.3. The Morgan fingerprint density at radius 3 is 2.51 bits per heavy atom. The number of anilines is 2. The first kappa shape index (κ1) is 37.8. The number of methoxy groups -OCH3 is 1. The molecule has 3 aromatic carbocycles. The minimum atomic E-state index is -0.700. The van der Waals surface area contributed by atoms with Gasteiger partial charge in [0.05, 0.1) is 47.4 Å². The van der Waals surface area contributed by atoms with Crippen LogP contribution in [0.5, 0.6) is 5.75 Å². The van der Waals surface area contributed by atoms with Crippen molar-refractivity contribution >= 4 is 46.6 Å². The van der Waals surface area contributed by atoms with Crippen molar-refractivity contribution in [3.05, 3.63) is 93.8 Å². The molecule has 1 aromatic heterocycles. The van der Waals surface area contributed by atoms with Crippen LogP contribution in [0.1, 0.15) is 44.7 Å². The fourth-order valence-electron chi connectivity index (χ4n) is 5.79. The van der Waals surface area contributed by atoms with Gasteiger partial charge < -0.3 is 35.4 Å². The SMILES string of the molecule is COc1cc(-c2nccc(-c3cccc(Nc4cccc(CNCCO)c4F)c3Cl)c2Cl)ccc1CN(C[C@@H]1CCC(=O)N1)C(=O)OC(C)(C)C. The highest BCUT2D eigenvalue weighted by atomic mass is 35.5. The van der Waals surface area contributed by atoms with Crippen LogP contribution in [0.15, 0.2) is 66.9 Å². The fraction of sp³-hybridized carbons (Fsp3) is 0.342. The molecule has 0 radical (unpaired) electrons. The van der Waals surface area contributed by atoms with Crippen LogP contribution in [0.3, 0.4) is 0 Å². The third-order valence-corrected chi connectivity index (χ3v) is 9.02. The van der Waals surface area contributed by atoms with Crippen LogP contribution in [0.2, 0.25) is 10.0 Å². The number of halogens is 3. The Hall–Kier alpha value is -4.42. The van der Waals surface area contributed by atoms with Crippen LogP contribution >= 0.6 is 23.2 Å². The van der Waals surface area contributed by atoms with Crippen molar-refractivity contribution in [2.45, 2.75) is 58.3 Å². The van der Waals surface area contributed by atoms with E-state index in [0.29, 0.717) is 68.8 Å². The molecule has 0 bridgehead atoms. The quantitative estimate of drug-likeness (QED) is 0.103. The van der Waals surface area contributed by atoms with E-state index in [9.17, 15) is 9.59 Å². The molecule has 10 nitrogen and oxygen atoms in total. The van der Waals surface area contributed by atoms with Gasteiger partial charge in [-0.05, 0) is 51.5 Å². The number of carbonyl (C=O) groups is 2. The van der Waals surface area contributed by atoms with Crippen molar-refractivity contribution in [3.8, 4) is 28.1 Å². The Morgan fingerprint density at radius 1 is 1.06 bits per heavy atom. The van der Waals surface area contributed by atoms with E-state index in [1.165, 1.54) is 0 Å². The van der Waals surface area contributed by atoms with E-state index >= 15 is 4.39 Å². The monoisotopic (exact) mass is 737 g/mol. The molecule has 0 spiro atoms. The molecule has 4 aromatic rings. The van der Waals surface area contributed by atoms with E-state index in [0.717, 1.165) is 5.56 Å². The third kappa shape index (κ3) is 9.48. The number of carbonyl (C=O) groups excluding carboxylic acids is 2. The zero-order valence-corrected chi connectivity index (χ0v) is 30.5. The number of nitrogens with one attached hydrogen (secondary N) is 3. The number of amides is 2. The molecule has 1 aliphatic rings. The molecule has 1 fully saturated rings. The van der Waals surface area contributed by atoms with Gasteiger partial charge in [0.15, 0.2) is 5.82 Å². The molecule has 51 heavy (non-hydrogen) atoms. The normalized spacial score (nSPS) is 14.3. The zero-order valence-electron chi connectivity index (χ0n) is 29.0. The second-order valence-corrected chi connectivity index (χ2v) is 13.9. The molecule has 2 heterocycles. The lowest BCUT2D eigenvalue weighted by Gasteiger charge is -2.29. The van der Waals surface area contributed by atoms with Gasteiger partial charge in [0, 0.05) is 66.1 Å². The number of hydrogen-bond acceptors (Lipinski definition) is 8. The Bertz CT molecular complexity index is 1890. The number of aromatic nitrogens is 1. The molecule has 0 unspecified atom stereocenters. The highest BCUT2D eigenvalue weighted by molar-refractivity contribution is 6.39. The number of hydrogen-bond donors (Lipinski definition) is 4. The van der Waals surface area contributed by atoms with Crippen LogP contribution < -0.4 is 20.7 Å². The minimum absolute atomic E-state index is 0.0373. The van der Waals surface area contributed by atoms with E-state index in [-0.39, 0.29) is 43.9 Å². The molecule has 2 amide bonds. The van der Waals surface area contributed by atoms with Crippen LogP contribution in [0.4, 0.5) is 20.6 Å². The largest absolute Gasteiger partial charge is 0.496 e. The summed E-state index contributed by atoms with van der Waals surface area (Å²) >= 11 is 13.9. The summed E-state index contributed by atoms with van der Waals surface area (Å²) in [7, 11) is 1.55. The second kappa shape index (κ2) is 16.7. The Morgan fingerprint density at radius 2 is 1.80 bits per heavy atom. The summed E-state index contributed by atoms with van der Waals surface area (Å²) in [5.74, 6) is 0.0510. The van der Waals surface area contributed by atoms with Gasteiger partial charge in [-0.25, -0.2) is 9.18 Å². The summed E-state index contributed by atoms with van der Waals surface area (Å²) in [6.07, 6.45) is 2.19. The van der Waals surface area contributed by atoms with Crippen LogP contribution in [0.25, 0.3) is 22.4 Å². The van der Waals surface area contributed by atoms with E-state index in [1.54, 1.807) is 75.4 Å². The number of pyridine rings is 1. The summed E-state index contributed by atoms with van der Waals surface area (Å²) in [6, 6.07) is 17.5. The van der Waals surface area contributed by atoms with E-state index in [1.807, 2.05) is 24.3 Å². The Labute approximate surface area is 307 Å². The standard InChI is InChI=1S/C38H42Cl2FN5O5/c1-38(2,3)51-37(49)46(22-26-13-14-32(48)44-26)21-25-12-11-23(19-31(25)50-4)36-34(40)28(15-16-43-36)27-8-6-9-29(33(27)39)45-30-10-5-7-24(35(30)41)20-42-17-18-47/h5-12,15-16,19,26,42,45,47H,13-14,17-18,20-22H2,1-4H3,(H,44,48)/t26-/m0/s1. The molecule has 0 aliphatic carbocycles. The topological polar surface area (TPSA) is 125 Å². The molecular formula is C38H42Cl2FN5O5. The average molecular weight is 739 g/mol. The second-order valence-electron chi connectivity index (χ2n) is 13.2. The molecule has 0 saturated carbocycles. The summed E-state index contributed by atoms with van der Waals surface area (Å²) < 4.78 is 26.8. The highest BCUT2D eigenvalue weighted by Crippen LogP contribution is 2.42. The summed E-state index contributed by atoms with van der Waals surface area (Å²) in [4.78, 5) is 31.3. The lowest BCUT2D eigenvalue weighted by Crippen LogP contribution is -2.43. The summed E-state index contributed by atoms with van der Waals surface area (Å²) in [5.41, 5.74) is 3.62. The lowest BCUT2D eigenvalue weighted by atomic mass is 10.0. The van der Waals surface area contributed by atoms with Crippen molar-refractivity contribution in [3.63, 3.8) is 0 Å². The number of ether oxygens (including phenoxy) is 2. The molecule has 5 rings (SSSR count). The Kier molecular flexibility index (Phi) is 12.4.